The third-order valence-corrected chi connectivity index (χ3v) is 5.42. The number of hydrogen-bond donors (Lipinski definition) is 2. The number of methoxy groups -OCH3 is 1. The van der Waals surface area contributed by atoms with Crippen molar-refractivity contribution in [3.05, 3.63) is 91.9 Å². The van der Waals surface area contributed by atoms with Crippen LogP contribution in [0.3, 0.4) is 0 Å². The minimum Gasteiger partial charge on any atom is -0.493 e. The number of nitro groups is 1. The van der Waals surface area contributed by atoms with Crippen LogP contribution in [-0.2, 0) is 13.2 Å². The summed E-state index contributed by atoms with van der Waals surface area (Å²) >= 11 is 3.60. The predicted octanol–water partition coefficient (Wildman–Crippen LogP) is 5.88. The molecule has 0 aliphatic carbocycles. The molecule has 0 aliphatic rings. The Morgan fingerprint density at radius 1 is 1.00 bits per heavy atom. The van der Waals surface area contributed by atoms with Crippen molar-refractivity contribution in [3.8, 4) is 11.5 Å². The number of benzene rings is 3. The van der Waals surface area contributed by atoms with Gasteiger partial charge >= 0.3 is 0 Å². The van der Waals surface area contributed by atoms with Gasteiger partial charge in [-0.1, -0.05) is 29.8 Å². The van der Waals surface area contributed by atoms with Crippen LogP contribution in [0.4, 0.5) is 11.4 Å². The van der Waals surface area contributed by atoms with Gasteiger partial charge in [0.05, 0.1) is 16.5 Å². The van der Waals surface area contributed by atoms with Crippen molar-refractivity contribution in [2.45, 2.75) is 20.1 Å². The van der Waals surface area contributed by atoms with Crippen LogP contribution in [0.5, 0.6) is 11.5 Å². The van der Waals surface area contributed by atoms with E-state index in [2.05, 4.69) is 57.8 Å². The molecule has 0 spiro atoms. The lowest BCUT2D eigenvalue weighted by Crippen LogP contribution is -2.21. The molecule has 3 aromatic carbocycles. The van der Waals surface area contributed by atoms with Crippen molar-refractivity contribution in [3.63, 3.8) is 0 Å². The number of anilines is 1. The van der Waals surface area contributed by atoms with E-state index < -0.39 is 4.92 Å². The van der Waals surface area contributed by atoms with E-state index in [-0.39, 0.29) is 18.1 Å². The van der Waals surface area contributed by atoms with Crippen LogP contribution in [-0.4, -0.2) is 25.1 Å². The summed E-state index contributed by atoms with van der Waals surface area (Å²) in [7, 11) is 1.63. The normalized spacial score (nSPS) is 10.3. The highest BCUT2D eigenvalue weighted by Crippen LogP contribution is 2.37. The Bertz CT molecular complexity index is 1050. The van der Waals surface area contributed by atoms with Crippen LogP contribution in [0.25, 0.3) is 0 Å². The zero-order valence-electron chi connectivity index (χ0n) is 18.5. The number of ether oxygens (including phenoxy) is 2. The van der Waals surface area contributed by atoms with Crippen LogP contribution in [0.1, 0.15) is 16.7 Å². The molecule has 0 amide bonds. The second-order valence-electron chi connectivity index (χ2n) is 7.29. The van der Waals surface area contributed by atoms with E-state index in [9.17, 15) is 10.1 Å². The summed E-state index contributed by atoms with van der Waals surface area (Å²) in [5, 5.41) is 17.3. The maximum Gasteiger partial charge on any atom is 0.269 e. The fraction of sp³-hybridized carbons (Fsp3) is 0.250. The number of nitrogens with one attached hydrogen (secondary N) is 2. The summed E-state index contributed by atoms with van der Waals surface area (Å²) in [6.07, 6.45) is 0. The van der Waals surface area contributed by atoms with Crippen LogP contribution < -0.4 is 20.1 Å². The average Bonchev–Trinajstić information content (AvgIpc) is 2.79. The van der Waals surface area contributed by atoms with Crippen LogP contribution in [0, 0.1) is 17.0 Å². The minimum atomic E-state index is -0.406. The molecular formula is C24H27BrClN3O4. The molecular weight excluding hydrogens is 510 g/mol. The van der Waals surface area contributed by atoms with Gasteiger partial charge in [0.2, 0.25) is 0 Å². The van der Waals surface area contributed by atoms with Crippen LogP contribution in [0.2, 0.25) is 0 Å². The number of nitro benzene ring substituents is 1. The molecule has 0 aromatic heterocycles. The molecule has 9 heteroatoms. The van der Waals surface area contributed by atoms with E-state index in [1.165, 1.54) is 17.7 Å². The number of nitrogens with zero attached hydrogens (tertiary/aromatic N) is 1. The van der Waals surface area contributed by atoms with E-state index in [0.717, 1.165) is 27.8 Å². The number of non-ortho nitro benzene ring substituents is 1. The van der Waals surface area contributed by atoms with Crippen molar-refractivity contribution >= 4 is 39.7 Å². The molecule has 176 valence electrons. The van der Waals surface area contributed by atoms with Gasteiger partial charge in [0, 0.05) is 37.5 Å². The van der Waals surface area contributed by atoms with Crippen molar-refractivity contribution in [2.75, 3.05) is 25.5 Å². The summed E-state index contributed by atoms with van der Waals surface area (Å²) in [6, 6.07) is 18.6. The van der Waals surface area contributed by atoms with Gasteiger partial charge in [-0.25, -0.2) is 0 Å². The van der Waals surface area contributed by atoms with Gasteiger partial charge in [0.15, 0.2) is 11.5 Å². The summed E-state index contributed by atoms with van der Waals surface area (Å²) in [4.78, 5) is 10.3. The van der Waals surface area contributed by atoms with E-state index in [0.29, 0.717) is 31.2 Å². The number of halogens is 2. The Morgan fingerprint density at radius 3 is 2.33 bits per heavy atom. The Morgan fingerprint density at radius 2 is 1.70 bits per heavy atom. The molecule has 0 saturated carbocycles. The fourth-order valence-electron chi connectivity index (χ4n) is 3.08. The topological polar surface area (TPSA) is 85.7 Å². The Kier molecular flexibility index (Phi) is 10.4. The first-order chi connectivity index (χ1) is 15.5. The maximum atomic E-state index is 10.7. The molecule has 0 radical (unpaired) electrons. The van der Waals surface area contributed by atoms with Crippen molar-refractivity contribution < 1.29 is 14.4 Å². The van der Waals surface area contributed by atoms with Crippen molar-refractivity contribution in [1.29, 1.82) is 0 Å². The van der Waals surface area contributed by atoms with E-state index >= 15 is 0 Å². The molecule has 33 heavy (non-hydrogen) atoms. The molecule has 3 rings (SSSR count). The number of aryl methyl sites for hydroxylation is 1. The predicted molar refractivity (Wildman–Crippen MR) is 137 cm³/mol. The van der Waals surface area contributed by atoms with Gasteiger partial charge in [-0.05, 0) is 58.2 Å². The molecule has 0 saturated heterocycles. The zero-order chi connectivity index (χ0) is 22.9. The summed E-state index contributed by atoms with van der Waals surface area (Å²) in [5.41, 5.74) is 4.30. The SMILES string of the molecule is COc1cc(CNCCNc2ccc([N+](=O)[O-])cc2)cc(Br)c1OCc1ccc(C)cc1.Cl. The summed E-state index contributed by atoms with van der Waals surface area (Å²) in [6.45, 7) is 4.59. The zero-order valence-corrected chi connectivity index (χ0v) is 20.9. The molecule has 0 fully saturated rings. The average molecular weight is 537 g/mol. The lowest BCUT2D eigenvalue weighted by atomic mass is 10.1. The van der Waals surface area contributed by atoms with Gasteiger partial charge in [-0.2, -0.15) is 0 Å². The lowest BCUT2D eigenvalue weighted by Gasteiger charge is -2.15. The molecule has 0 aliphatic heterocycles. The Labute approximate surface area is 208 Å². The largest absolute Gasteiger partial charge is 0.493 e. The Hall–Kier alpha value is -2.81. The molecule has 0 heterocycles. The highest BCUT2D eigenvalue weighted by Gasteiger charge is 2.12. The van der Waals surface area contributed by atoms with Gasteiger partial charge in [0.25, 0.3) is 5.69 Å². The summed E-state index contributed by atoms with van der Waals surface area (Å²) in [5.74, 6) is 1.35. The third-order valence-electron chi connectivity index (χ3n) is 4.83. The van der Waals surface area contributed by atoms with E-state index in [1.807, 2.05) is 12.1 Å². The minimum absolute atomic E-state index is 0. The quantitative estimate of drug-likeness (QED) is 0.181. The first kappa shape index (κ1) is 26.4. The highest BCUT2D eigenvalue weighted by molar-refractivity contribution is 9.10. The third kappa shape index (κ3) is 7.92. The fourth-order valence-corrected chi connectivity index (χ4v) is 3.69. The van der Waals surface area contributed by atoms with Gasteiger partial charge in [-0.3, -0.25) is 10.1 Å². The molecule has 0 bridgehead atoms. The number of rotatable bonds is 11. The van der Waals surface area contributed by atoms with Crippen molar-refractivity contribution in [2.24, 2.45) is 0 Å². The van der Waals surface area contributed by atoms with E-state index in [4.69, 9.17) is 9.47 Å². The molecule has 7 nitrogen and oxygen atoms in total. The molecule has 2 N–H and O–H groups in total. The maximum absolute atomic E-state index is 10.7. The summed E-state index contributed by atoms with van der Waals surface area (Å²) < 4.78 is 12.4. The van der Waals surface area contributed by atoms with Crippen molar-refractivity contribution in [1.82, 2.24) is 5.32 Å². The van der Waals surface area contributed by atoms with Crippen LogP contribution in [0.15, 0.2) is 65.1 Å². The van der Waals surface area contributed by atoms with Crippen LogP contribution >= 0.6 is 28.3 Å². The molecule has 3 aromatic rings. The number of hydrogen-bond acceptors (Lipinski definition) is 6. The van der Waals surface area contributed by atoms with Gasteiger partial charge in [-0.15, -0.1) is 12.4 Å². The first-order valence-corrected chi connectivity index (χ1v) is 11.0. The second kappa shape index (κ2) is 13.0. The standard InChI is InChI=1S/C24H26BrN3O4.ClH/c1-17-3-5-18(6-4-17)16-32-24-22(25)13-19(14-23(24)31-2)15-26-11-12-27-20-7-9-21(10-8-20)28(29)30;/h3-10,13-14,26-27H,11-12,15-16H2,1-2H3;1H. The van der Waals surface area contributed by atoms with E-state index in [1.54, 1.807) is 19.2 Å². The Balaban J connectivity index is 0.00000385. The lowest BCUT2D eigenvalue weighted by molar-refractivity contribution is -0.384. The first-order valence-electron chi connectivity index (χ1n) is 10.2. The second-order valence-corrected chi connectivity index (χ2v) is 8.15. The smallest absolute Gasteiger partial charge is 0.269 e. The van der Waals surface area contributed by atoms with Gasteiger partial charge in [0.1, 0.15) is 6.61 Å². The highest BCUT2D eigenvalue weighted by atomic mass is 79.9. The monoisotopic (exact) mass is 535 g/mol. The van der Waals surface area contributed by atoms with Gasteiger partial charge < -0.3 is 20.1 Å². The molecule has 0 unspecified atom stereocenters. The molecule has 0 atom stereocenters.